The molecule has 0 aliphatic rings. The third-order valence-corrected chi connectivity index (χ3v) is 1.36. The minimum absolute atomic E-state index is 0. The van der Waals surface area contributed by atoms with E-state index in [2.05, 4.69) is 26.0 Å². The summed E-state index contributed by atoms with van der Waals surface area (Å²) in [6, 6.07) is 11.3. The fourth-order valence-electron chi connectivity index (χ4n) is 0.766. The molecule has 1 heteroatoms. The molecule has 0 spiro atoms. The summed E-state index contributed by atoms with van der Waals surface area (Å²) in [6.07, 6.45) is 0. The van der Waals surface area contributed by atoms with Crippen LogP contribution < -0.4 is 18.9 Å². The van der Waals surface area contributed by atoms with E-state index in [1.54, 1.807) is 0 Å². The molecule has 48 valence electrons. The molecule has 0 saturated carbocycles. The Labute approximate surface area is 74.8 Å². The van der Waals surface area contributed by atoms with Crippen LogP contribution in [0.2, 0.25) is 0 Å². The van der Waals surface area contributed by atoms with Crippen LogP contribution in [-0.2, 0) is 0 Å². The van der Waals surface area contributed by atoms with Crippen LogP contribution in [-0.4, -0.2) is 0 Å². The molecule has 0 atom stereocenters. The summed E-state index contributed by atoms with van der Waals surface area (Å²) in [5.74, 6) is 0.603. The first-order valence-electron chi connectivity index (χ1n) is 3.27. The Morgan fingerprint density at radius 1 is 1.30 bits per heavy atom. The molecule has 0 nitrogen and oxygen atoms in total. The Morgan fingerprint density at radius 3 is 2.30 bits per heavy atom. The molecule has 0 N–H and O–H groups in total. The minimum Gasteiger partial charge on any atom is -0.180 e. The molecule has 0 radical (unpaired) electrons. The number of hydrogen-bond acceptors (Lipinski definition) is 0. The van der Waals surface area contributed by atoms with Crippen molar-refractivity contribution in [1.29, 1.82) is 0 Å². The van der Waals surface area contributed by atoms with Crippen LogP contribution in [0.1, 0.15) is 25.3 Å². The van der Waals surface area contributed by atoms with E-state index in [-0.39, 0.29) is 18.9 Å². The molecular weight excluding hydrogens is 115 g/mol. The predicted molar refractivity (Wildman–Crippen MR) is 39.4 cm³/mol. The number of benzene rings is 1. The SMILES string of the molecule is CC(C)c1[c-]cccc1.[Li+]. The van der Waals surface area contributed by atoms with Gasteiger partial charge in [-0.25, -0.2) is 0 Å². The summed E-state index contributed by atoms with van der Waals surface area (Å²) in [4.78, 5) is 0. The van der Waals surface area contributed by atoms with E-state index in [0.29, 0.717) is 5.92 Å². The number of rotatable bonds is 1. The second-order valence-corrected chi connectivity index (χ2v) is 2.47. The Kier molecular flexibility index (Phi) is 4.52. The van der Waals surface area contributed by atoms with Crippen molar-refractivity contribution < 1.29 is 18.9 Å². The van der Waals surface area contributed by atoms with Crippen LogP contribution in [0.4, 0.5) is 0 Å². The topological polar surface area (TPSA) is 0 Å². The quantitative estimate of drug-likeness (QED) is 0.355. The third-order valence-electron chi connectivity index (χ3n) is 1.36. The van der Waals surface area contributed by atoms with Crippen LogP contribution in [0.15, 0.2) is 24.3 Å². The summed E-state index contributed by atoms with van der Waals surface area (Å²) >= 11 is 0. The first-order chi connectivity index (χ1) is 4.30. The van der Waals surface area contributed by atoms with Gasteiger partial charge in [0, 0.05) is 0 Å². The van der Waals surface area contributed by atoms with E-state index in [1.165, 1.54) is 5.56 Å². The molecule has 0 bridgehead atoms. The van der Waals surface area contributed by atoms with Crippen molar-refractivity contribution in [2.75, 3.05) is 0 Å². The van der Waals surface area contributed by atoms with Crippen molar-refractivity contribution in [3.63, 3.8) is 0 Å². The molecule has 0 aliphatic heterocycles. The third kappa shape index (κ3) is 2.60. The fraction of sp³-hybridized carbons (Fsp3) is 0.333. The van der Waals surface area contributed by atoms with Crippen molar-refractivity contribution in [2.24, 2.45) is 0 Å². The van der Waals surface area contributed by atoms with Gasteiger partial charge in [-0.1, -0.05) is 13.8 Å². The van der Waals surface area contributed by atoms with Gasteiger partial charge in [-0.3, -0.25) is 0 Å². The minimum atomic E-state index is 0. The zero-order chi connectivity index (χ0) is 6.69. The summed E-state index contributed by atoms with van der Waals surface area (Å²) in [7, 11) is 0. The van der Waals surface area contributed by atoms with Crippen LogP contribution >= 0.6 is 0 Å². The summed E-state index contributed by atoms with van der Waals surface area (Å²) < 4.78 is 0. The van der Waals surface area contributed by atoms with Gasteiger partial charge in [0.2, 0.25) is 0 Å². The second kappa shape index (κ2) is 4.60. The molecular formula is C9H11Li. The molecule has 0 aromatic heterocycles. The monoisotopic (exact) mass is 126 g/mol. The molecule has 10 heavy (non-hydrogen) atoms. The van der Waals surface area contributed by atoms with Crippen molar-refractivity contribution in [2.45, 2.75) is 19.8 Å². The van der Waals surface area contributed by atoms with E-state index >= 15 is 0 Å². The van der Waals surface area contributed by atoms with Crippen molar-refractivity contribution in [1.82, 2.24) is 0 Å². The van der Waals surface area contributed by atoms with Crippen LogP contribution in [0, 0.1) is 6.07 Å². The Bertz CT molecular complexity index is 167. The van der Waals surface area contributed by atoms with Gasteiger partial charge in [0.15, 0.2) is 0 Å². The molecule has 1 rings (SSSR count). The maximum Gasteiger partial charge on any atom is 1.00 e. The van der Waals surface area contributed by atoms with Gasteiger partial charge in [0.05, 0.1) is 0 Å². The zero-order valence-corrected chi connectivity index (χ0v) is 6.89. The van der Waals surface area contributed by atoms with Crippen LogP contribution in [0.5, 0.6) is 0 Å². The Hall–Kier alpha value is -0.183. The van der Waals surface area contributed by atoms with Crippen molar-refractivity contribution in [3.8, 4) is 0 Å². The van der Waals surface area contributed by atoms with Gasteiger partial charge >= 0.3 is 18.9 Å². The average Bonchev–Trinajstić information content (AvgIpc) is 1.90. The predicted octanol–water partition coefficient (Wildman–Crippen LogP) is -0.386. The summed E-state index contributed by atoms with van der Waals surface area (Å²) in [5.41, 5.74) is 1.29. The molecule has 0 saturated heterocycles. The van der Waals surface area contributed by atoms with E-state index in [9.17, 15) is 0 Å². The van der Waals surface area contributed by atoms with Crippen molar-refractivity contribution >= 4 is 0 Å². The van der Waals surface area contributed by atoms with Crippen molar-refractivity contribution in [3.05, 3.63) is 35.9 Å². The van der Waals surface area contributed by atoms with E-state index in [1.807, 2.05) is 18.2 Å². The Balaban J connectivity index is 0.000000810. The Morgan fingerprint density at radius 2 is 2.00 bits per heavy atom. The smallest absolute Gasteiger partial charge is 0.180 e. The average molecular weight is 126 g/mol. The zero-order valence-electron chi connectivity index (χ0n) is 6.89. The standard InChI is InChI=1S/C9H11.Li/c1-8(2)9-6-4-3-5-7-9;/h3-6,8H,1-2H3;/q-1;+1. The molecule has 0 fully saturated rings. The summed E-state index contributed by atoms with van der Waals surface area (Å²) in [6.45, 7) is 4.34. The normalized spacial score (nSPS) is 9.10. The summed E-state index contributed by atoms with van der Waals surface area (Å²) in [5, 5.41) is 0. The fourth-order valence-corrected chi connectivity index (χ4v) is 0.766. The van der Waals surface area contributed by atoms with Crippen LogP contribution in [0.25, 0.3) is 0 Å². The molecule has 0 amide bonds. The molecule has 0 unspecified atom stereocenters. The second-order valence-electron chi connectivity index (χ2n) is 2.47. The first-order valence-corrected chi connectivity index (χ1v) is 3.27. The maximum absolute atomic E-state index is 3.17. The van der Waals surface area contributed by atoms with E-state index < -0.39 is 0 Å². The van der Waals surface area contributed by atoms with Gasteiger partial charge < -0.3 is 0 Å². The van der Waals surface area contributed by atoms with Gasteiger partial charge in [-0.2, -0.15) is 35.9 Å². The maximum atomic E-state index is 3.17. The first kappa shape index (κ1) is 9.82. The van der Waals surface area contributed by atoms with Gasteiger partial charge in [0.1, 0.15) is 0 Å². The van der Waals surface area contributed by atoms with Gasteiger partial charge in [-0.05, 0) is 5.92 Å². The molecule has 1 aromatic carbocycles. The molecule has 0 aliphatic carbocycles. The molecule has 1 aromatic rings. The van der Waals surface area contributed by atoms with E-state index in [0.717, 1.165) is 0 Å². The molecule has 0 heterocycles. The van der Waals surface area contributed by atoms with E-state index in [4.69, 9.17) is 0 Å². The van der Waals surface area contributed by atoms with Crippen LogP contribution in [0.3, 0.4) is 0 Å². The van der Waals surface area contributed by atoms with Gasteiger partial charge in [-0.15, -0.1) is 0 Å². The van der Waals surface area contributed by atoms with Gasteiger partial charge in [0.25, 0.3) is 0 Å². The number of hydrogen-bond donors (Lipinski definition) is 0. The largest absolute Gasteiger partial charge is 1.00 e.